The highest BCUT2D eigenvalue weighted by Crippen LogP contribution is 2.23. The zero-order valence-corrected chi connectivity index (χ0v) is 13.9. The minimum absolute atomic E-state index is 0.409. The predicted octanol–water partition coefficient (Wildman–Crippen LogP) is 4.03. The number of anilines is 1. The summed E-state index contributed by atoms with van der Waals surface area (Å²) in [4.78, 5) is 0.431. The van der Waals surface area contributed by atoms with Crippen molar-refractivity contribution in [2.24, 2.45) is 5.73 Å². The average molecular weight is 347 g/mol. The fourth-order valence-corrected chi connectivity index (χ4v) is 2.94. The molecule has 5 heteroatoms. The number of nitrogens with two attached hydrogens (primary N) is 1. The monoisotopic (exact) mass is 346 g/mol. The van der Waals surface area contributed by atoms with Gasteiger partial charge in [-0.05, 0) is 43.0 Å². The molecule has 2 nitrogen and oxygen atoms in total. The Bertz CT molecular complexity index is 410. The summed E-state index contributed by atoms with van der Waals surface area (Å²) in [5.74, 6) is 2.34. The van der Waals surface area contributed by atoms with Gasteiger partial charge in [0.1, 0.15) is 4.99 Å². The molecule has 0 heterocycles. The third-order valence-electron chi connectivity index (χ3n) is 2.55. The third-order valence-corrected chi connectivity index (χ3v) is 4.19. The van der Waals surface area contributed by atoms with E-state index in [4.69, 9.17) is 18.0 Å². The van der Waals surface area contributed by atoms with Crippen molar-refractivity contribution in [2.75, 3.05) is 16.8 Å². The van der Waals surface area contributed by atoms with Crippen LogP contribution in [0, 0.1) is 0 Å². The van der Waals surface area contributed by atoms with E-state index >= 15 is 0 Å². The van der Waals surface area contributed by atoms with Crippen LogP contribution >= 0.6 is 39.9 Å². The minimum atomic E-state index is 0.409. The molecule has 0 saturated heterocycles. The van der Waals surface area contributed by atoms with E-state index in [1.807, 2.05) is 30.0 Å². The zero-order valence-electron chi connectivity index (χ0n) is 10.7. The van der Waals surface area contributed by atoms with Gasteiger partial charge in [-0.1, -0.05) is 35.1 Å². The van der Waals surface area contributed by atoms with E-state index in [9.17, 15) is 0 Å². The number of benzene rings is 1. The van der Waals surface area contributed by atoms with Crippen LogP contribution in [0.25, 0.3) is 0 Å². The maximum atomic E-state index is 5.73. The third kappa shape index (κ3) is 5.16. The van der Waals surface area contributed by atoms with Crippen molar-refractivity contribution in [2.45, 2.75) is 26.3 Å². The molecule has 0 fully saturated rings. The highest BCUT2D eigenvalue weighted by molar-refractivity contribution is 9.10. The number of hydrogen-bond donors (Lipinski definition) is 2. The van der Waals surface area contributed by atoms with Crippen molar-refractivity contribution in [3.8, 4) is 0 Å². The topological polar surface area (TPSA) is 38.0 Å². The lowest BCUT2D eigenvalue weighted by molar-refractivity contribution is 0.771. The lowest BCUT2D eigenvalue weighted by Gasteiger charge is -2.18. The SMILES string of the molecule is CCSCCC(C)Nc1cc(Br)ccc1C(N)=S. The fourth-order valence-electron chi connectivity index (χ4n) is 1.59. The van der Waals surface area contributed by atoms with Crippen LogP contribution in [-0.2, 0) is 0 Å². The number of thioether (sulfide) groups is 1. The first-order valence-corrected chi connectivity index (χ1v) is 8.33. The first-order chi connectivity index (χ1) is 8.54. The van der Waals surface area contributed by atoms with E-state index in [-0.39, 0.29) is 0 Å². The molecule has 1 aromatic carbocycles. The average Bonchev–Trinajstić information content (AvgIpc) is 2.29. The van der Waals surface area contributed by atoms with Gasteiger partial charge >= 0.3 is 0 Å². The summed E-state index contributed by atoms with van der Waals surface area (Å²) in [5.41, 5.74) is 7.65. The molecule has 1 rings (SSSR count). The van der Waals surface area contributed by atoms with Crippen LogP contribution in [0.1, 0.15) is 25.8 Å². The van der Waals surface area contributed by atoms with Crippen molar-refractivity contribution in [1.82, 2.24) is 0 Å². The van der Waals surface area contributed by atoms with Gasteiger partial charge in [0.15, 0.2) is 0 Å². The summed E-state index contributed by atoms with van der Waals surface area (Å²) in [6.45, 7) is 4.36. The van der Waals surface area contributed by atoms with Crippen molar-refractivity contribution in [1.29, 1.82) is 0 Å². The Balaban J connectivity index is 2.70. The van der Waals surface area contributed by atoms with Crippen molar-refractivity contribution < 1.29 is 0 Å². The number of rotatable bonds is 7. The Morgan fingerprint density at radius 2 is 2.28 bits per heavy atom. The van der Waals surface area contributed by atoms with Crippen LogP contribution in [-0.4, -0.2) is 22.5 Å². The number of halogens is 1. The quantitative estimate of drug-likeness (QED) is 0.577. The smallest absolute Gasteiger partial charge is 0.106 e. The molecule has 0 aromatic heterocycles. The van der Waals surface area contributed by atoms with Gasteiger partial charge in [-0.3, -0.25) is 0 Å². The van der Waals surface area contributed by atoms with Crippen LogP contribution in [0.2, 0.25) is 0 Å². The van der Waals surface area contributed by atoms with Crippen LogP contribution in [0.3, 0.4) is 0 Å². The summed E-state index contributed by atoms with van der Waals surface area (Å²) in [7, 11) is 0. The molecule has 0 amide bonds. The molecule has 0 aliphatic heterocycles. The molecular formula is C13H19BrN2S2. The van der Waals surface area contributed by atoms with E-state index in [0.717, 1.165) is 22.1 Å². The first kappa shape index (κ1) is 15.8. The molecule has 100 valence electrons. The van der Waals surface area contributed by atoms with Crippen LogP contribution < -0.4 is 11.1 Å². The summed E-state index contributed by atoms with van der Waals surface area (Å²) in [6.07, 6.45) is 1.13. The lowest BCUT2D eigenvalue weighted by atomic mass is 10.1. The highest BCUT2D eigenvalue weighted by Gasteiger charge is 2.09. The maximum absolute atomic E-state index is 5.73. The summed E-state index contributed by atoms with van der Waals surface area (Å²) < 4.78 is 1.03. The lowest BCUT2D eigenvalue weighted by Crippen LogP contribution is -2.20. The standard InChI is InChI=1S/C13H19BrN2S2/c1-3-18-7-6-9(2)16-12-8-10(14)4-5-11(12)13(15)17/h4-5,8-9,16H,3,6-7H2,1-2H3,(H2,15,17). The molecule has 3 N–H and O–H groups in total. The van der Waals surface area contributed by atoms with E-state index in [0.29, 0.717) is 11.0 Å². The highest BCUT2D eigenvalue weighted by atomic mass is 79.9. The van der Waals surface area contributed by atoms with Gasteiger partial charge in [0, 0.05) is 21.8 Å². The second kappa shape index (κ2) is 8.02. The molecule has 1 aromatic rings. The van der Waals surface area contributed by atoms with Crippen LogP contribution in [0.15, 0.2) is 22.7 Å². The first-order valence-electron chi connectivity index (χ1n) is 5.98. The van der Waals surface area contributed by atoms with Gasteiger partial charge in [0.25, 0.3) is 0 Å². The second-order valence-electron chi connectivity index (χ2n) is 4.09. The van der Waals surface area contributed by atoms with Gasteiger partial charge in [0.05, 0.1) is 0 Å². The number of nitrogens with one attached hydrogen (secondary N) is 1. The van der Waals surface area contributed by atoms with E-state index in [1.54, 1.807) is 0 Å². The molecule has 0 spiro atoms. The van der Waals surface area contributed by atoms with Gasteiger partial charge in [-0.15, -0.1) is 0 Å². The summed E-state index contributed by atoms with van der Waals surface area (Å²) in [5, 5.41) is 3.48. The number of hydrogen-bond acceptors (Lipinski definition) is 3. The van der Waals surface area contributed by atoms with E-state index < -0.39 is 0 Å². The van der Waals surface area contributed by atoms with Crippen molar-refractivity contribution >= 4 is 50.6 Å². The fraction of sp³-hybridized carbons (Fsp3) is 0.462. The Labute approximate surface area is 127 Å². The Hall–Kier alpha value is -0.260. The van der Waals surface area contributed by atoms with E-state index in [2.05, 4.69) is 35.1 Å². The van der Waals surface area contributed by atoms with Crippen LogP contribution in [0.4, 0.5) is 5.69 Å². The molecule has 18 heavy (non-hydrogen) atoms. The van der Waals surface area contributed by atoms with Gasteiger partial charge in [-0.25, -0.2) is 0 Å². The molecular weight excluding hydrogens is 328 g/mol. The van der Waals surface area contributed by atoms with Crippen LogP contribution in [0.5, 0.6) is 0 Å². The van der Waals surface area contributed by atoms with Crippen molar-refractivity contribution in [3.05, 3.63) is 28.2 Å². The normalized spacial score (nSPS) is 12.2. The molecule has 1 unspecified atom stereocenters. The van der Waals surface area contributed by atoms with Crippen molar-refractivity contribution in [3.63, 3.8) is 0 Å². The summed E-state index contributed by atoms with van der Waals surface area (Å²) >= 11 is 10.5. The molecule has 0 bridgehead atoms. The van der Waals surface area contributed by atoms with E-state index in [1.165, 1.54) is 11.5 Å². The molecule has 0 radical (unpaired) electrons. The molecule has 0 saturated carbocycles. The van der Waals surface area contributed by atoms with Gasteiger partial charge in [0.2, 0.25) is 0 Å². The molecule has 0 aliphatic rings. The summed E-state index contributed by atoms with van der Waals surface area (Å²) in [6, 6.07) is 6.34. The largest absolute Gasteiger partial charge is 0.389 e. The van der Waals surface area contributed by atoms with Gasteiger partial charge < -0.3 is 11.1 Å². The maximum Gasteiger partial charge on any atom is 0.106 e. The Morgan fingerprint density at radius 3 is 2.89 bits per heavy atom. The zero-order chi connectivity index (χ0) is 13.5. The second-order valence-corrected chi connectivity index (χ2v) is 6.83. The predicted molar refractivity (Wildman–Crippen MR) is 90.7 cm³/mol. The van der Waals surface area contributed by atoms with Gasteiger partial charge in [-0.2, -0.15) is 11.8 Å². The number of thiocarbonyl (C=S) groups is 1. The molecule has 1 atom stereocenters. The Kier molecular flexibility index (Phi) is 7.04. The molecule has 0 aliphatic carbocycles. The minimum Gasteiger partial charge on any atom is -0.389 e. The Morgan fingerprint density at radius 1 is 1.56 bits per heavy atom.